The standard InChI is InChI=1S/C15H13N3O.C2H6.2H2/c1-10(19)11-5-4-6-12(9-11)16-15-17-13-7-2-3-8-14(13)18-15;1-2;;/h2-9H,1H3,(H2,16,17,18);1-2H3;2*1H. The molecule has 0 unspecified atom stereocenters. The molecule has 21 heavy (non-hydrogen) atoms. The lowest BCUT2D eigenvalue weighted by atomic mass is 10.1. The number of benzene rings is 2. The summed E-state index contributed by atoms with van der Waals surface area (Å²) in [5.74, 6) is 0.718. The first-order valence-corrected chi connectivity index (χ1v) is 7.05. The number of hydrogen-bond acceptors (Lipinski definition) is 3. The van der Waals surface area contributed by atoms with Crippen molar-refractivity contribution in [1.82, 2.24) is 9.97 Å². The molecular weight excluding hydrogens is 262 g/mol. The van der Waals surface area contributed by atoms with Crippen LogP contribution in [0, 0.1) is 0 Å². The third-order valence-electron chi connectivity index (χ3n) is 2.92. The molecule has 0 bridgehead atoms. The SMILES string of the molecule is CC.CC(=O)c1cccc(Nc2nc3ccccc3[nH]2)c1.[HH].[HH]. The van der Waals surface area contributed by atoms with Gasteiger partial charge in [0.05, 0.1) is 11.0 Å². The summed E-state index contributed by atoms with van der Waals surface area (Å²) in [5.41, 5.74) is 3.41. The average molecular weight is 285 g/mol. The summed E-state index contributed by atoms with van der Waals surface area (Å²) in [6.07, 6.45) is 0. The molecule has 0 aliphatic heterocycles. The molecule has 2 aromatic carbocycles. The fourth-order valence-electron chi connectivity index (χ4n) is 1.96. The fraction of sp³-hybridized carbons (Fsp3) is 0.176. The fourth-order valence-corrected chi connectivity index (χ4v) is 1.96. The Morgan fingerprint density at radius 2 is 1.90 bits per heavy atom. The van der Waals surface area contributed by atoms with Crippen molar-refractivity contribution in [2.45, 2.75) is 20.8 Å². The molecule has 0 spiro atoms. The number of Topliss-reactive ketones (excluding diaryl/α,β-unsaturated/α-hetero) is 1. The lowest BCUT2D eigenvalue weighted by Crippen LogP contribution is -1.96. The van der Waals surface area contributed by atoms with Crippen molar-refractivity contribution < 1.29 is 7.65 Å². The minimum absolute atomic E-state index is 0. The first-order chi connectivity index (χ1) is 10.2. The van der Waals surface area contributed by atoms with E-state index in [-0.39, 0.29) is 8.64 Å². The van der Waals surface area contributed by atoms with Crippen LogP contribution in [0.3, 0.4) is 0 Å². The summed E-state index contributed by atoms with van der Waals surface area (Å²) in [5, 5.41) is 3.17. The van der Waals surface area contributed by atoms with Crippen molar-refractivity contribution in [3.05, 3.63) is 54.1 Å². The number of carbonyl (C=O) groups is 1. The summed E-state index contributed by atoms with van der Waals surface area (Å²) in [6.45, 7) is 5.56. The van der Waals surface area contributed by atoms with Gasteiger partial charge in [0.2, 0.25) is 5.95 Å². The summed E-state index contributed by atoms with van der Waals surface area (Å²) in [7, 11) is 0. The highest BCUT2D eigenvalue weighted by atomic mass is 16.1. The molecule has 3 rings (SSSR count). The van der Waals surface area contributed by atoms with E-state index < -0.39 is 0 Å². The van der Waals surface area contributed by atoms with Crippen molar-refractivity contribution in [2.24, 2.45) is 0 Å². The Morgan fingerprint density at radius 1 is 1.14 bits per heavy atom. The van der Waals surface area contributed by atoms with Gasteiger partial charge in [-0.1, -0.05) is 38.1 Å². The molecule has 0 saturated carbocycles. The van der Waals surface area contributed by atoms with Crippen LogP contribution in [0.4, 0.5) is 11.6 Å². The molecule has 0 saturated heterocycles. The molecule has 4 heteroatoms. The monoisotopic (exact) mass is 285 g/mol. The van der Waals surface area contributed by atoms with Crippen molar-refractivity contribution >= 4 is 28.5 Å². The highest BCUT2D eigenvalue weighted by Gasteiger charge is 2.04. The Morgan fingerprint density at radius 3 is 2.62 bits per heavy atom. The average Bonchev–Trinajstić information content (AvgIpc) is 2.91. The number of ketones is 1. The Hall–Kier alpha value is -2.62. The Kier molecular flexibility index (Phi) is 4.72. The molecule has 0 aliphatic rings. The molecule has 1 aromatic heterocycles. The Balaban J connectivity index is 0.00000117. The number of nitrogens with zero attached hydrogens (tertiary/aromatic N) is 1. The number of fused-ring (bicyclic) bond motifs is 1. The van der Waals surface area contributed by atoms with E-state index in [9.17, 15) is 4.79 Å². The molecule has 0 atom stereocenters. The van der Waals surface area contributed by atoms with Crippen molar-refractivity contribution in [3.63, 3.8) is 0 Å². The van der Waals surface area contributed by atoms with E-state index in [1.165, 1.54) is 0 Å². The van der Waals surface area contributed by atoms with Gasteiger partial charge in [-0.3, -0.25) is 4.79 Å². The second kappa shape index (κ2) is 6.70. The van der Waals surface area contributed by atoms with Gasteiger partial charge in [-0.2, -0.15) is 0 Å². The number of H-pyrrole nitrogens is 1. The van der Waals surface area contributed by atoms with Gasteiger partial charge in [-0.25, -0.2) is 4.98 Å². The van der Waals surface area contributed by atoms with Crippen LogP contribution in [0.5, 0.6) is 0 Å². The molecule has 3 aromatic rings. The molecule has 0 aliphatic carbocycles. The molecule has 0 radical (unpaired) electrons. The van der Waals surface area contributed by atoms with Gasteiger partial charge in [0.25, 0.3) is 0 Å². The van der Waals surface area contributed by atoms with E-state index in [4.69, 9.17) is 0 Å². The summed E-state index contributed by atoms with van der Waals surface area (Å²) in [6, 6.07) is 15.2. The maximum Gasteiger partial charge on any atom is 0.205 e. The molecular formula is C17H23N3O. The van der Waals surface area contributed by atoms with Crippen LogP contribution < -0.4 is 5.32 Å². The molecule has 0 fully saturated rings. The van der Waals surface area contributed by atoms with E-state index in [2.05, 4.69) is 15.3 Å². The number of nitrogens with one attached hydrogen (secondary N) is 2. The van der Waals surface area contributed by atoms with Crippen LogP contribution in [0.25, 0.3) is 11.0 Å². The van der Waals surface area contributed by atoms with Gasteiger partial charge >= 0.3 is 0 Å². The van der Waals surface area contributed by atoms with Crippen LogP contribution in [0.2, 0.25) is 0 Å². The van der Waals surface area contributed by atoms with Crippen LogP contribution in [-0.2, 0) is 0 Å². The molecule has 112 valence electrons. The topological polar surface area (TPSA) is 57.8 Å². The second-order valence-corrected chi connectivity index (χ2v) is 4.36. The van der Waals surface area contributed by atoms with E-state index in [1.54, 1.807) is 13.0 Å². The number of para-hydroxylation sites is 2. The number of carbonyl (C=O) groups excluding carboxylic acids is 1. The highest BCUT2D eigenvalue weighted by Crippen LogP contribution is 2.19. The maximum absolute atomic E-state index is 11.3. The zero-order chi connectivity index (χ0) is 15.2. The zero-order valence-electron chi connectivity index (χ0n) is 12.5. The lowest BCUT2D eigenvalue weighted by molar-refractivity contribution is 0.101. The molecule has 0 amide bonds. The maximum atomic E-state index is 11.3. The predicted octanol–water partition coefficient (Wildman–Crippen LogP) is 5.03. The van der Waals surface area contributed by atoms with Gasteiger partial charge in [0, 0.05) is 14.1 Å². The Labute approximate surface area is 127 Å². The van der Waals surface area contributed by atoms with Crippen molar-refractivity contribution in [3.8, 4) is 0 Å². The van der Waals surface area contributed by atoms with Crippen LogP contribution in [0.1, 0.15) is 34.0 Å². The predicted molar refractivity (Wildman–Crippen MR) is 91.4 cm³/mol. The minimum Gasteiger partial charge on any atom is -0.326 e. The van der Waals surface area contributed by atoms with Crippen LogP contribution in [0.15, 0.2) is 48.5 Å². The number of hydrogen-bond donors (Lipinski definition) is 2. The molecule has 4 nitrogen and oxygen atoms in total. The van der Waals surface area contributed by atoms with Crippen molar-refractivity contribution in [1.29, 1.82) is 0 Å². The number of aromatic nitrogens is 2. The van der Waals surface area contributed by atoms with Crippen LogP contribution >= 0.6 is 0 Å². The van der Waals surface area contributed by atoms with Gasteiger partial charge in [0.15, 0.2) is 5.78 Å². The summed E-state index contributed by atoms with van der Waals surface area (Å²) < 4.78 is 0. The van der Waals surface area contributed by atoms with Gasteiger partial charge in [-0.15, -0.1) is 0 Å². The number of rotatable bonds is 3. The molecule has 2 N–H and O–H groups in total. The summed E-state index contributed by atoms with van der Waals surface area (Å²) >= 11 is 0. The largest absolute Gasteiger partial charge is 0.326 e. The normalized spacial score (nSPS) is 9.86. The van der Waals surface area contributed by atoms with E-state index in [0.717, 1.165) is 16.7 Å². The van der Waals surface area contributed by atoms with Gasteiger partial charge < -0.3 is 10.3 Å². The minimum atomic E-state index is 0. The van der Waals surface area contributed by atoms with Gasteiger partial charge in [0.1, 0.15) is 0 Å². The first kappa shape index (κ1) is 14.8. The Bertz CT molecular complexity index is 723. The number of anilines is 2. The first-order valence-electron chi connectivity index (χ1n) is 7.05. The van der Waals surface area contributed by atoms with E-state index >= 15 is 0 Å². The number of aromatic amines is 1. The third-order valence-corrected chi connectivity index (χ3v) is 2.92. The summed E-state index contributed by atoms with van der Waals surface area (Å²) in [4.78, 5) is 19.0. The highest BCUT2D eigenvalue weighted by molar-refractivity contribution is 5.95. The second-order valence-electron chi connectivity index (χ2n) is 4.36. The lowest BCUT2D eigenvalue weighted by Gasteiger charge is -2.03. The zero-order valence-corrected chi connectivity index (χ0v) is 12.5. The van der Waals surface area contributed by atoms with E-state index in [0.29, 0.717) is 11.5 Å². The van der Waals surface area contributed by atoms with Crippen LogP contribution in [-0.4, -0.2) is 15.8 Å². The third kappa shape index (κ3) is 3.48. The number of imidazole rings is 1. The smallest absolute Gasteiger partial charge is 0.205 e. The van der Waals surface area contributed by atoms with E-state index in [1.807, 2.05) is 56.3 Å². The van der Waals surface area contributed by atoms with Crippen molar-refractivity contribution in [2.75, 3.05) is 5.32 Å². The van der Waals surface area contributed by atoms with Gasteiger partial charge in [-0.05, 0) is 31.2 Å². The quantitative estimate of drug-likeness (QED) is 0.664. The molecule has 1 heterocycles.